The van der Waals surface area contributed by atoms with Gasteiger partial charge in [0.05, 0.1) is 6.04 Å². The lowest BCUT2D eigenvalue weighted by Gasteiger charge is -2.42. The summed E-state index contributed by atoms with van der Waals surface area (Å²) in [6, 6.07) is 0.836. The van der Waals surface area contributed by atoms with Crippen molar-refractivity contribution in [1.29, 1.82) is 0 Å². The van der Waals surface area contributed by atoms with Crippen LogP contribution in [-0.2, 0) is 4.74 Å². The second-order valence-electron chi connectivity index (χ2n) is 7.09. The molecule has 3 aliphatic rings. The van der Waals surface area contributed by atoms with Crippen LogP contribution in [0.25, 0.3) is 0 Å². The molecule has 0 N–H and O–H groups in total. The monoisotopic (exact) mass is 318 g/mol. The van der Waals surface area contributed by atoms with E-state index in [0.29, 0.717) is 18.7 Å². The van der Waals surface area contributed by atoms with E-state index >= 15 is 0 Å². The first-order valence-electron chi connectivity index (χ1n) is 9.25. The van der Waals surface area contributed by atoms with Crippen LogP contribution in [0.3, 0.4) is 0 Å². The summed E-state index contributed by atoms with van der Waals surface area (Å²) in [7, 11) is 1.92. The van der Waals surface area contributed by atoms with Gasteiger partial charge in [0.1, 0.15) is 6.61 Å². The van der Waals surface area contributed by atoms with Crippen LogP contribution in [0.4, 0.5) is 4.79 Å². The van der Waals surface area contributed by atoms with Crippen LogP contribution < -0.4 is 0 Å². The molecule has 0 aromatic rings. The van der Waals surface area contributed by atoms with Crippen molar-refractivity contribution in [2.45, 2.75) is 63.5 Å². The van der Waals surface area contributed by atoms with Crippen molar-refractivity contribution in [3.05, 3.63) is 23.8 Å². The first-order chi connectivity index (χ1) is 11.3. The topological polar surface area (TPSA) is 32.8 Å². The minimum absolute atomic E-state index is 0.166. The van der Waals surface area contributed by atoms with Gasteiger partial charge in [-0.25, -0.2) is 4.79 Å². The normalized spacial score (nSPS) is 28.5. The fourth-order valence-electron chi connectivity index (χ4n) is 4.20. The van der Waals surface area contributed by atoms with Gasteiger partial charge in [0, 0.05) is 13.1 Å². The molecule has 4 nitrogen and oxygen atoms in total. The quantitative estimate of drug-likeness (QED) is 0.791. The molecule has 1 amide bonds. The molecule has 1 aliphatic heterocycles. The summed E-state index contributed by atoms with van der Waals surface area (Å²) < 4.78 is 5.56. The molecule has 1 heterocycles. The van der Waals surface area contributed by atoms with Gasteiger partial charge < -0.3 is 9.64 Å². The zero-order chi connectivity index (χ0) is 16.1. The second-order valence-corrected chi connectivity index (χ2v) is 7.09. The molecule has 0 spiro atoms. The molecular weight excluding hydrogens is 288 g/mol. The molecule has 0 radical (unpaired) electrons. The van der Waals surface area contributed by atoms with Crippen molar-refractivity contribution in [3.63, 3.8) is 0 Å². The number of carbonyl (C=O) groups is 1. The number of amides is 1. The molecule has 3 rings (SSSR count). The SMILES string of the molecule is CN(C(=O)OCC1=CCCC=C1)C1CCCCC1N1CCCC1. The molecule has 0 aromatic carbocycles. The maximum Gasteiger partial charge on any atom is 0.410 e. The second kappa shape index (κ2) is 8.00. The standard InChI is InChI=1S/C19H30N2O2/c1-20(19(22)23-15-16-9-3-2-4-10-16)17-11-5-6-12-18(17)21-13-7-8-14-21/h3,9-10,17-18H,2,4-8,11-15H2,1H3. The third kappa shape index (κ3) is 4.17. The number of hydrogen-bond acceptors (Lipinski definition) is 3. The summed E-state index contributed by atoms with van der Waals surface area (Å²) in [5.74, 6) is 0. The van der Waals surface area contributed by atoms with Crippen molar-refractivity contribution < 1.29 is 9.53 Å². The Morgan fingerprint density at radius 2 is 2.00 bits per heavy atom. The van der Waals surface area contributed by atoms with Crippen LogP contribution in [0.2, 0.25) is 0 Å². The predicted octanol–water partition coefficient (Wildman–Crippen LogP) is 3.74. The predicted molar refractivity (Wildman–Crippen MR) is 92.4 cm³/mol. The Kier molecular flexibility index (Phi) is 5.76. The van der Waals surface area contributed by atoms with Gasteiger partial charge in [-0.05, 0) is 57.2 Å². The number of likely N-dealkylation sites (tertiary alicyclic amines) is 1. The summed E-state index contributed by atoms with van der Waals surface area (Å²) in [4.78, 5) is 16.9. The highest BCUT2D eigenvalue weighted by atomic mass is 16.6. The van der Waals surface area contributed by atoms with E-state index in [1.165, 1.54) is 45.2 Å². The molecule has 0 aromatic heterocycles. The molecule has 2 aliphatic carbocycles. The largest absolute Gasteiger partial charge is 0.445 e. The molecule has 4 heteroatoms. The minimum Gasteiger partial charge on any atom is -0.445 e. The van der Waals surface area contributed by atoms with Crippen LogP contribution in [0.15, 0.2) is 23.8 Å². The molecule has 1 saturated carbocycles. The molecule has 2 unspecified atom stereocenters. The number of hydrogen-bond donors (Lipinski definition) is 0. The van der Waals surface area contributed by atoms with Crippen molar-refractivity contribution in [2.75, 3.05) is 26.7 Å². The summed E-state index contributed by atoms with van der Waals surface area (Å²) in [5.41, 5.74) is 1.12. The van der Waals surface area contributed by atoms with Gasteiger partial charge in [-0.2, -0.15) is 0 Å². The Morgan fingerprint density at radius 1 is 1.22 bits per heavy atom. The lowest BCUT2D eigenvalue weighted by Crippen LogP contribution is -2.53. The smallest absolute Gasteiger partial charge is 0.410 e. The van der Waals surface area contributed by atoms with E-state index in [2.05, 4.69) is 23.1 Å². The van der Waals surface area contributed by atoms with Crippen LogP contribution >= 0.6 is 0 Å². The molecule has 1 saturated heterocycles. The van der Waals surface area contributed by atoms with Crippen LogP contribution in [-0.4, -0.2) is 54.7 Å². The summed E-state index contributed by atoms with van der Waals surface area (Å²) in [6.45, 7) is 2.80. The van der Waals surface area contributed by atoms with E-state index in [4.69, 9.17) is 4.74 Å². The molecule has 0 bridgehead atoms. The Hall–Kier alpha value is -1.29. The third-order valence-corrected chi connectivity index (χ3v) is 5.52. The molecule has 2 atom stereocenters. The van der Waals surface area contributed by atoms with Gasteiger partial charge in [-0.15, -0.1) is 0 Å². The molecule has 23 heavy (non-hydrogen) atoms. The third-order valence-electron chi connectivity index (χ3n) is 5.52. The number of likely N-dealkylation sites (N-methyl/N-ethyl adjacent to an activating group) is 1. The Balaban J connectivity index is 1.55. The fourth-order valence-corrected chi connectivity index (χ4v) is 4.20. The number of ether oxygens (including phenoxy) is 1. The maximum atomic E-state index is 12.5. The Morgan fingerprint density at radius 3 is 2.74 bits per heavy atom. The Bertz CT molecular complexity index is 466. The first kappa shape index (κ1) is 16.6. The van der Waals surface area contributed by atoms with E-state index in [-0.39, 0.29) is 6.09 Å². The fraction of sp³-hybridized carbons (Fsp3) is 0.737. The average Bonchev–Trinajstić information content (AvgIpc) is 3.14. The minimum atomic E-state index is -0.166. The van der Waals surface area contributed by atoms with Crippen molar-refractivity contribution >= 4 is 6.09 Å². The van der Waals surface area contributed by atoms with Gasteiger partial charge in [0.2, 0.25) is 0 Å². The number of rotatable bonds is 4. The first-order valence-corrected chi connectivity index (χ1v) is 9.25. The van der Waals surface area contributed by atoms with Crippen LogP contribution in [0, 0.1) is 0 Å². The average molecular weight is 318 g/mol. The highest BCUT2D eigenvalue weighted by Gasteiger charge is 2.36. The maximum absolute atomic E-state index is 12.5. The van der Waals surface area contributed by atoms with Crippen molar-refractivity contribution in [2.24, 2.45) is 0 Å². The summed E-state index contributed by atoms with van der Waals surface area (Å²) >= 11 is 0. The summed E-state index contributed by atoms with van der Waals surface area (Å²) in [5, 5.41) is 0. The Labute approximate surface area is 140 Å². The number of allylic oxidation sites excluding steroid dienone is 2. The van der Waals surface area contributed by atoms with E-state index in [0.717, 1.165) is 24.8 Å². The van der Waals surface area contributed by atoms with Gasteiger partial charge in [-0.1, -0.05) is 31.1 Å². The molecule has 2 fully saturated rings. The zero-order valence-electron chi connectivity index (χ0n) is 14.4. The van der Waals surface area contributed by atoms with Crippen molar-refractivity contribution in [3.8, 4) is 0 Å². The number of carbonyl (C=O) groups excluding carboxylic acids is 1. The highest BCUT2D eigenvalue weighted by molar-refractivity contribution is 5.68. The van der Waals surface area contributed by atoms with Gasteiger partial charge in [0.25, 0.3) is 0 Å². The van der Waals surface area contributed by atoms with Crippen LogP contribution in [0.1, 0.15) is 51.4 Å². The number of nitrogens with zero attached hydrogens (tertiary/aromatic N) is 2. The lowest BCUT2D eigenvalue weighted by molar-refractivity contribution is 0.0561. The zero-order valence-corrected chi connectivity index (χ0v) is 14.4. The van der Waals surface area contributed by atoms with E-state index in [9.17, 15) is 4.79 Å². The lowest BCUT2D eigenvalue weighted by atomic mass is 9.88. The molecular formula is C19H30N2O2. The van der Waals surface area contributed by atoms with E-state index in [1.54, 1.807) is 0 Å². The van der Waals surface area contributed by atoms with E-state index < -0.39 is 0 Å². The van der Waals surface area contributed by atoms with Crippen molar-refractivity contribution in [1.82, 2.24) is 9.80 Å². The highest BCUT2D eigenvalue weighted by Crippen LogP contribution is 2.29. The molecule has 128 valence electrons. The van der Waals surface area contributed by atoms with Gasteiger partial charge >= 0.3 is 6.09 Å². The summed E-state index contributed by atoms with van der Waals surface area (Å²) in [6.07, 6.45) is 15.8. The van der Waals surface area contributed by atoms with E-state index in [1.807, 2.05) is 11.9 Å². The van der Waals surface area contributed by atoms with Gasteiger partial charge in [-0.3, -0.25) is 4.90 Å². The van der Waals surface area contributed by atoms with Crippen LogP contribution in [0.5, 0.6) is 0 Å². The van der Waals surface area contributed by atoms with Gasteiger partial charge in [0.15, 0.2) is 0 Å².